The summed E-state index contributed by atoms with van der Waals surface area (Å²) in [5, 5.41) is 3.87. The topological polar surface area (TPSA) is 90.3 Å². The van der Waals surface area contributed by atoms with E-state index < -0.39 is 27.7 Å². The van der Waals surface area contributed by atoms with E-state index in [1.54, 1.807) is 6.92 Å². The van der Waals surface area contributed by atoms with Gasteiger partial charge < -0.3 is 4.74 Å². The highest BCUT2D eigenvalue weighted by molar-refractivity contribution is 7.92. The highest BCUT2D eigenvalue weighted by Crippen LogP contribution is 2.30. The summed E-state index contributed by atoms with van der Waals surface area (Å²) in [4.78, 5) is 11.9. The van der Waals surface area contributed by atoms with E-state index in [0.29, 0.717) is 0 Å². The standard InChI is InChI=1S/C14H14F3N3O4S/c1-3-24-13(21)11-8-18-20(12(11)19-25(2,22)23)10-6-4-9(5-7-10)14(15,16)17/h4-8,19H,3H2,1-2H3. The van der Waals surface area contributed by atoms with Crippen LogP contribution in [0.4, 0.5) is 19.0 Å². The first kappa shape index (κ1) is 18.8. The molecule has 2 aromatic rings. The molecule has 0 unspecified atom stereocenters. The van der Waals surface area contributed by atoms with Gasteiger partial charge in [-0.15, -0.1) is 0 Å². The zero-order valence-corrected chi connectivity index (χ0v) is 14.0. The van der Waals surface area contributed by atoms with Gasteiger partial charge in [-0.3, -0.25) is 4.72 Å². The fourth-order valence-electron chi connectivity index (χ4n) is 1.97. The predicted octanol–water partition coefficient (Wildman–Crippen LogP) is 2.44. The summed E-state index contributed by atoms with van der Waals surface area (Å²) in [6.07, 6.45) is -2.57. The summed E-state index contributed by atoms with van der Waals surface area (Å²) in [7, 11) is -3.78. The van der Waals surface area contributed by atoms with Crippen molar-refractivity contribution in [2.75, 3.05) is 17.6 Å². The second-order valence-electron chi connectivity index (χ2n) is 4.96. The summed E-state index contributed by atoms with van der Waals surface area (Å²) < 4.78 is 69.0. The summed E-state index contributed by atoms with van der Waals surface area (Å²) in [6, 6.07) is 3.87. The Labute approximate surface area is 141 Å². The van der Waals surface area contributed by atoms with Gasteiger partial charge in [0.2, 0.25) is 10.0 Å². The molecule has 1 aromatic carbocycles. The molecule has 0 bridgehead atoms. The van der Waals surface area contributed by atoms with Crippen LogP contribution in [0.2, 0.25) is 0 Å². The number of sulfonamides is 1. The predicted molar refractivity (Wildman–Crippen MR) is 83.0 cm³/mol. The first-order chi connectivity index (χ1) is 11.5. The van der Waals surface area contributed by atoms with Crippen LogP contribution in [0.5, 0.6) is 0 Å². The van der Waals surface area contributed by atoms with Crippen molar-refractivity contribution in [2.24, 2.45) is 0 Å². The molecule has 0 radical (unpaired) electrons. The van der Waals surface area contributed by atoms with Crippen molar-refractivity contribution in [3.63, 3.8) is 0 Å². The third-order valence-electron chi connectivity index (χ3n) is 2.99. The quantitative estimate of drug-likeness (QED) is 0.809. The number of anilines is 1. The molecule has 0 aliphatic rings. The maximum Gasteiger partial charge on any atom is 0.416 e. The number of halogens is 3. The molecule has 1 aromatic heterocycles. The van der Waals surface area contributed by atoms with E-state index in [9.17, 15) is 26.4 Å². The Kier molecular flexibility index (Phi) is 5.07. The van der Waals surface area contributed by atoms with E-state index >= 15 is 0 Å². The Morgan fingerprint density at radius 1 is 1.28 bits per heavy atom. The molecule has 0 spiro atoms. The minimum absolute atomic E-state index is 0.0581. The van der Waals surface area contributed by atoms with Crippen molar-refractivity contribution >= 4 is 21.8 Å². The molecule has 0 saturated heterocycles. The number of benzene rings is 1. The van der Waals surface area contributed by atoms with Gasteiger partial charge in [-0.2, -0.15) is 18.3 Å². The number of alkyl halides is 3. The molecule has 0 amide bonds. The van der Waals surface area contributed by atoms with Gasteiger partial charge in [-0.25, -0.2) is 17.9 Å². The summed E-state index contributed by atoms with van der Waals surface area (Å²) in [6.45, 7) is 1.63. The van der Waals surface area contributed by atoms with Crippen molar-refractivity contribution in [2.45, 2.75) is 13.1 Å². The smallest absolute Gasteiger partial charge is 0.416 e. The van der Waals surface area contributed by atoms with E-state index in [4.69, 9.17) is 4.74 Å². The molecule has 2 rings (SSSR count). The molecule has 11 heteroatoms. The van der Waals surface area contributed by atoms with Gasteiger partial charge >= 0.3 is 12.1 Å². The number of aromatic nitrogens is 2. The van der Waals surface area contributed by atoms with Crippen LogP contribution in [0.15, 0.2) is 30.5 Å². The monoisotopic (exact) mass is 377 g/mol. The molecule has 0 aliphatic carbocycles. The van der Waals surface area contributed by atoms with Crippen LogP contribution in [-0.2, 0) is 20.9 Å². The molecular formula is C14H14F3N3O4S. The van der Waals surface area contributed by atoms with Crippen molar-refractivity contribution in [3.8, 4) is 5.69 Å². The number of nitrogens with zero attached hydrogens (tertiary/aromatic N) is 2. The van der Waals surface area contributed by atoms with Gasteiger partial charge in [-0.05, 0) is 31.2 Å². The number of hydrogen-bond donors (Lipinski definition) is 1. The van der Waals surface area contributed by atoms with Crippen LogP contribution in [-0.4, -0.2) is 37.0 Å². The van der Waals surface area contributed by atoms with Crippen LogP contribution >= 0.6 is 0 Å². The van der Waals surface area contributed by atoms with Crippen molar-refractivity contribution < 1.29 is 31.1 Å². The Bertz CT molecular complexity index is 874. The molecule has 1 heterocycles. The number of hydrogen-bond acceptors (Lipinski definition) is 5. The average molecular weight is 377 g/mol. The molecule has 25 heavy (non-hydrogen) atoms. The minimum Gasteiger partial charge on any atom is -0.462 e. The highest BCUT2D eigenvalue weighted by atomic mass is 32.2. The van der Waals surface area contributed by atoms with Crippen LogP contribution in [0.1, 0.15) is 22.8 Å². The number of carbonyl (C=O) groups excluding carboxylic acids is 1. The molecule has 0 atom stereocenters. The Morgan fingerprint density at radius 3 is 2.36 bits per heavy atom. The summed E-state index contributed by atoms with van der Waals surface area (Å²) >= 11 is 0. The molecule has 0 aliphatic heterocycles. The summed E-state index contributed by atoms with van der Waals surface area (Å²) in [5.41, 5.74) is -0.895. The zero-order chi connectivity index (χ0) is 18.8. The Hall–Kier alpha value is -2.56. The third kappa shape index (κ3) is 4.50. The molecule has 0 fully saturated rings. The Balaban J connectivity index is 2.52. The van der Waals surface area contributed by atoms with Crippen molar-refractivity contribution in [1.82, 2.24) is 9.78 Å². The van der Waals surface area contributed by atoms with Crippen LogP contribution < -0.4 is 4.72 Å². The Morgan fingerprint density at radius 2 is 1.88 bits per heavy atom. The van der Waals surface area contributed by atoms with E-state index in [0.717, 1.165) is 41.4 Å². The lowest BCUT2D eigenvalue weighted by molar-refractivity contribution is -0.137. The SMILES string of the molecule is CCOC(=O)c1cnn(-c2ccc(C(F)(F)F)cc2)c1NS(C)(=O)=O. The normalized spacial score (nSPS) is 12.0. The van der Waals surface area contributed by atoms with Crippen molar-refractivity contribution in [1.29, 1.82) is 0 Å². The lowest BCUT2D eigenvalue weighted by Crippen LogP contribution is -2.17. The van der Waals surface area contributed by atoms with Crippen LogP contribution in [0.3, 0.4) is 0 Å². The second kappa shape index (κ2) is 6.75. The lowest BCUT2D eigenvalue weighted by atomic mass is 10.2. The first-order valence-corrected chi connectivity index (χ1v) is 8.82. The van der Waals surface area contributed by atoms with Crippen LogP contribution in [0.25, 0.3) is 5.69 Å². The lowest BCUT2D eigenvalue weighted by Gasteiger charge is -2.12. The van der Waals surface area contributed by atoms with Gasteiger partial charge in [0.25, 0.3) is 0 Å². The van der Waals surface area contributed by atoms with Crippen molar-refractivity contribution in [3.05, 3.63) is 41.6 Å². The number of nitrogens with one attached hydrogen (secondary N) is 1. The molecule has 0 saturated carbocycles. The summed E-state index contributed by atoms with van der Waals surface area (Å²) in [5.74, 6) is -1.03. The maximum atomic E-state index is 12.6. The van der Waals surface area contributed by atoms with Gasteiger partial charge in [0, 0.05) is 0 Å². The molecule has 7 nitrogen and oxygen atoms in total. The van der Waals surface area contributed by atoms with E-state index in [1.165, 1.54) is 0 Å². The van der Waals surface area contributed by atoms with Gasteiger partial charge in [0.15, 0.2) is 5.82 Å². The highest BCUT2D eigenvalue weighted by Gasteiger charge is 2.30. The second-order valence-corrected chi connectivity index (χ2v) is 6.71. The van der Waals surface area contributed by atoms with E-state index in [1.807, 2.05) is 0 Å². The first-order valence-electron chi connectivity index (χ1n) is 6.93. The number of carbonyl (C=O) groups is 1. The fourth-order valence-corrected chi connectivity index (χ4v) is 2.52. The van der Waals surface area contributed by atoms with E-state index in [-0.39, 0.29) is 23.7 Å². The molecular weight excluding hydrogens is 363 g/mol. The van der Waals surface area contributed by atoms with E-state index in [2.05, 4.69) is 9.82 Å². The largest absolute Gasteiger partial charge is 0.462 e. The fraction of sp³-hybridized carbons (Fsp3) is 0.286. The average Bonchev–Trinajstić information content (AvgIpc) is 2.88. The van der Waals surface area contributed by atoms with Gasteiger partial charge in [0.1, 0.15) is 5.56 Å². The minimum atomic E-state index is -4.51. The molecule has 1 N–H and O–H groups in total. The number of rotatable bonds is 5. The number of esters is 1. The van der Waals surface area contributed by atoms with Gasteiger partial charge in [-0.1, -0.05) is 0 Å². The van der Waals surface area contributed by atoms with Gasteiger partial charge in [0.05, 0.1) is 30.3 Å². The number of ether oxygens (including phenoxy) is 1. The third-order valence-corrected chi connectivity index (χ3v) is 3.55. The van der Waals surface area contributed by atoms with Crippen LogP contribution in [0, 0.1) is 0 Å². The maximum absolute atomic E-state index is 12.6. The zero-order valence-electron chi connectivity index (χ0n) is 13.2. The molecule has 136 valence electrons.